The molecule has 1 N–H and O–H groups in total. The summed E-state index contributed by atoms with van der Waals surface area (Å²) in [6, 6.07) is 2.98. The molecular weight excluding hydrogens is 471 g/mol. The summed E-state index contributed by atoms with van der Waals surface area (Å²) in [6.45, 7) is 4.68. The first kappa shape index (κ1) is 25.6. The van der Waals surface area contributed by atoms with E-state index in [9.17, 15) is 22.8 Å². The van der Waals surface area contributed by atoms with Crippen molar-refractivity contribution in [3.8, 4) is 17.3 Å². The molecule has 3 rings (SSSR count). The average molecular weight is 495 g/mol. The van der Waals surface area contributed by atoms with Crippen LogP contribution >= 0.6 is 0 Å². The average Bonchev–Trinajstić information content (AvgIpc) is 3.41. The highest BCUT2D eigenvalue weighted by atomic mass is 19.4. The third-order valence-electron chi connectivity index (χ3n) is 4.60. The van der Waals surface area contributed by atoms with Crippen molar-refractivity contribution in [1.82, 2.24) is 35.1 Å². The first-order valence-corrected chi connectivity index (χ1v) is 10.5. The largest absolute Gasteiger partial charge is 0.475 e. The molecule has 0 aromatic carbocycles. The Kier molecular flexibility index (Phi) is 7.41. The van der Waals surface area contributed by atoms with Crippen LogP contribution in [0.4, 0.5) is 13.2 Å². The molecule has 0 bridgehead atoms. The van der Waals surface area contributed by atoms with Crippen molar-refractivity contribution >= 4 is 11.8 Å². The third-order valence-corrected chi connectivity index (χ3v) is 4.60. The van der Waals surface area contributed by atoms with Crippen LogP contribution in [0.5, 0.6) is 5.88 Å². The summed E-state index contributed by atoms with van der Waals surface area (Å²) in [5.74, 6) is -0.848. The molecule has 0 aliphatic rings. The molecule has 0 saturated carbocycles. The van der Waals surface area contributed by atoms with Crippen molar-refractivity contribution in [2.24, 2.45) is 0 Å². The minimum absolute atomic E-state index is 0.0166. The van der Waals surface area contributed by atoms with Crippen LogP contribution in [-0.4, -0.2) is 61.8 Å². The first-order chi connectivity index (χ1) is 16.3. The SMILES string of the molecule is CC(C)Oc1cc(-c2noc(C(C)NC(=O)c3cc(C(F)(F)F)nn3CC(=O)N(C)C)n2)ccn1. The zero-order chi connectivity index (χ0) is 25.9. The monoisotopic (exact) mass is 495 g/mol. The molecule has 3 aromatic heterocycles. The summed E-state index contributed by atoms with van der Waals surface area (Å²) in [4.78, 5) is 34.3. The van der Waals surface area contributed by atoms with E-state index in [0.717, 1.165) is 0 Å². The van der Waals surface area contributed by atoms with E-state index in [1.807, 2.05) is 13.8 Å². The number of hydrogen-bond acceptors (Lipinski definition) is 8. The van der Waals surface area contributed by atoms with Gasteiger partial charge in [0.1, 0.15) is 18.3 Å². The molecule has 35 heavy (non-hydrogen) atoms. The van der Waals surface area contributed by atoms with Gasteiger partial charge in [0, 0.05) is 38.0 Å². The quantitative estimate of drug-likeness (QED) is 0.505. The van der Waals surface area contributed by atoms with Gasteiger partial charge in [-0.2, -0.15) is 23.3 Å². The molecule has 1 atom stereocenters. The smallest absolute Gasteiger partial charge is 0.435 e. The second kappa shape index (κ2) is 10.1. The number of nitrogens with one attached hydrogen (secondary N) is 1. The predicted molar refractivity (Wildman–Crippen MR) is 115 cm³/mol. The Morgan fingerprint density at radius 2 is 1.94 bits per heavy atom. The second-order valence-electron chi connectivity index (χ2n) is 8.06. The van der Waals surface area contributed by atoms with E-state index in [2.05, 4.69) is 25.5 Å². The van der Waals surface area contributed by atoms with Gasteiger partial charge in [-0.1, -0.05) is 5.16 Å². The van der Waals surface area contributed by atoms with Crippen molar-refractivity contribution in [3.05, 3.63) is 41.7 Å². The molecule has 0 fully saturated rings. The summed E-state index contributed by atoms with van der Waals surface area (Å²) in [5.41, 5.74) is -1.18. The lowest BCUT2D eigenvalue weighted by Gasteiger charge is -2.13. The molecular formula is C21H24F3N7O4. The Labute approximate surface area is 198 Å². The van der Waals surface area contributed by atoms with Crippen LogP contribution in [-0.2, 0) is 17.5 Å². The highest BCUT2D eigenvalue weighted by Gasteiger charge is 2.36. The summed E-state index contributed by atoms with van der Waals surface area (Å²) in [5, 5.41) is 9.77. The third kappa shape index (κ3) is 6.33. The lowest BCUT2D eigenvalue weighted by atomic mass is 10.2. The van der Waals surface area contributed by atoms with Crippen LogP contribution in [0.2, 0.25) is 0 Å². The van der Waals surface area contributed by atoms with E-state index in [4.69, 9.17) is 9.26 Å². The molecule has 188 valence electrons. The zero-order valence-corrected chi connectivity index (χ0v) is 19.6. The molecule has 14 heteroatoms. The number of alkyl halides is 3. The number of pyridine rings is 1. The number of carbonyl (C=O) groups is 2. The zero-order valence-electron chi connectivity index (χ0n) is 19.6. The highest BCUT2D eigenvalue weighted by molar-refractivity contribution is 5.93. The van der Waals surface area contributed by atoms with Gasteiger partial charge in [-0.25, -0.2) is 9.67 Å². The minimum atomic E-state index is -4.79. The Bertz CT molecular complexity index is 1200. The highest BCUT2D eigenvalue weighted by Crippen LogP contribution is 2.29. The van der Waals surface area contributed by atoms with Gasteiger partial charge in [0.15, 0.2) is 5.69 Å². The molecule has 11 nitrogen and oxygen atoms in total. The fraction of sp³-hybridized carbons (Fsp3) is 0.429. The van der Waals surface area contributed by atoms with Gasteiger partial charge in [0.25, 0.3) is 5.91 Å². The molecule has 0 radical (unpaired) electrons. The molecule has 0 spiro atoms. The van der Waals surface area contributed by atoms with Crippen LogP contribution in [0.15, 0.2) is 28.9 Å². The maximum Gasteiger partial charge on any atom is 0.435 e. The van der Waals surface area contributed by atoms with E-state index in [1.165, 1.54) is 32.1 Å². The number of rotatable bonds is 8. The standard InChI is InChI=1S/C21H24F3N7O4/c1-11(2)34-16-8-13(6-7-25-16)18-27-20(35-29-18)12(3)26-19(33)14-9-15(21(22,23)24)28-31(14)10-17(32)30(4)5/h6-9,11-12H,10H2,1-5H3,(H,26,33). The number of aromatic nitrogens is 5. The van der Waals surface area contributed by atoms with Crippen LogP contribution in [0.1, 0.15) is 48.9 Å². The molecule has 0 aliphatic heterocycles. The minimum Gasteiger partial charge on any atom is -0.475 e. The molecule has 1 unspecified atom stereocenters. The lowest BCUT2D eigenvalue weighted by Crippen LogP contribution is -2.32. The number of carbonyl (C=O) groups excluding carboxylic acids is 2. The number of likely N-dealkylation sites (N-methyl/N-ethyl adjacent to an activating group) is 1. The van der Waals surface area contributed by atoms with E-state index >= 15 is 0 Å². The predicted octanol–water partition coefficient (Wildman–Crippen LogP) is 2.71. The van der Waals surface area contributed by atoms with Gasteiger partial charge in [-0.15, -0.1) is 0 Å². The van der Waals surface area contributed by atoms with Gasteiger partial charge in [0.2, 0.25) is 23.5 Å². The van der Waals surface area contributed by atoms with Gasteiger partial charge in [-0.05, 0) is 26.8 Å². The number of amides is 2. The van der Waals surface area contributed by atoms with Gasteiger partial charge in [0.05, 0.1) is 6.10 Å². The fourth-order valence-corrected chi connectivity index (χ4v) is 2.84. The molecule has 2 amide bonds. The molecule has 3 aromatic rings. The Hall–Kier alpha value is -3.97. The number of ether oxygens (including phenoxy) is 1. The van der Waals surface area contributed by atoms with Crippen molar-refractivity contribution < 1.29 is 32.0 Å². The van der Waals surface area contributed by atoms with Gasteiger partial charge >= 0.3 is 6.18 Å². The number of halogens is 3. The maximum absolute atomic E-state index is 13.2. The van der Waals surface area contributed by atoms with Crippen LogP contribution in [0, 0.1) is 0 Å². The number of hydrogen-bond donors (Lipinski definition) is 1. The summed E-state index contributed by atoms with van der Waals surface area (Å²) < 4.78 is 51.0. The normalized spacial score (nSPS) is 12.5. The fourth-order valence-electron chi connectivity index (χ4n) is 2.84. The topological polar surface area (TPSA) is 128 Å². The van der Waals surface area contributed by atoms with E-state index in [0.29, 0.717) is 22.2 Å². The van der Waals surface area contributed by atoms with Crippen LogP contribution in [0.3, 0.4) is 0 Å². The molecule has 0 saturated heterocycles. The summed E-state index contributed by atoms with van der Waals surface area (Å²) >= 11 is 0. The maximum atomic E-state index is 13.2. The Morgan fingerprint density at radius 3 is 2.57 bits per heavy atom. The molecule has 0 aliphatic carbocycles. The van der Waals surface area contributed by atoms with E-state index in [-0.39, 0.29) is 17.8 Å². The van der Waals surface area contributed by atoms with Crippen molar-refractivity contribution in [3.63, 3.8) is 0 Å². The number of nitrogens with zero attached hydrogens (tertiary/aromatic N) is 6. The first-order valence-electron chi connectivity index (χ1n) is 10.5. The van der Waals surface area contributed by atoms with Gasteiger partial charge in [-0.3, -0.25) is 9.59 Å². The van der Waals surface area contributed by atoms with E-state index in [1.54, 1.807) is 12.1 Å². The van der Waals surface area contributed by atoms with Crippen molar-refractivity contribution in [1.29, 1.82) is 0 Å². The van der Waals surface area contributed by atoms with Crippen molar-refractivity contribution in [2.45, 2.75) is 45.6 Å². The summed E-state index contributed by atoms with van der Waals surface area (Å²) in [7, 11) is 2.87. The lowest BCUT2D eigenvalue weighted by molar-refractivity contribution is -0.142. The summed E-state index contributed by atoms with van der Waals surface area (Å²) in [6.07, 6.45) is -3.37. The van der Waals surface area contributed by atoms with Crippen molar-refractivity contribution in [2.75, 3.05) is 14.1 Å². The van der Waals surface area contributed by atoms with E-state index < -0.39 is 42.0 Å². The van der Waals surface area contributed by atoms with Gasteiger partial charge < -0.3 is 19.5 Å². The Morgan fingerprint density at radius 1 is 1.23 bits per heavy atom. The second-order valence-corrected chi connectivity index (χ2v) is 8.06. The van der Waals surface area contributed by atoms with Crippen LogP contribution in [0.25, 0.3) is 11.4 Å². The Balaban J connectivity index is 1.79. The molecule has 3 heterocycles. The van der Waals surface area contributed by atoms with Crippen LogP contribution < -0.4 is 10.1 Å².